The van der Waals surface area contributed by atoms with Gasteiger partial charge in [-0.25, -0.2) is 4.98 Å². The first kappa shape index (κ1) is 15.4. The fourth-order valence-corrected chi connectivity index (χ4v) is 2.86. The molecule has 0 aliphatic rings. The molecule has 5 heteroatoms. The van der Waals surface area contributed by atoms with Crippen molar-refractivity contribution in [1.29, 1.82) is 0 Å². The van der Waals surface area contributed by atoms with Gasteiger partial charge in [-0.3, -0.25) is 0 Å². The van der Waals surface area contributed by atoms with Crippen LogP contribution in [0.2, 0.25) is 5.15 Å². The monoisotopic (exact) mass is 309 g/mol. The molecule has 1 aromatic heterocycles. The molecular formula is C15H20ClN3S. The molecule has 2 aromatic rings. The number of nitrogens with zero attached hydrogens (tertiary/aromatic N) is 2. The molecule has 3 nitrogen and oxygen atoms in total. The molecule has 1 heterocycles. The Hall–Kier alpha value is -0.970. The first-order valence-electron chi connectivity index (χ1n) is 6.79. The quantitative estimate of drug-likeness (QED) is 0.622. The molecule has 1 N–H and O–H groups in total. The smallest absolute Gasteiger partial charge is 0.128 e. The van der Waals surface area contributed by atoms with Crippen molar-refractivity contribution in [2.24, 2.45) is 7.05 Å². The minimum absolute atomic E-state index is 0.679. The van der Waals surface area contributed by atoms with Crippen molar-refractivity contribution in [3.05, 3.63) is 47.0 Å². The van der Waals surface area contributed by atoms with Crippen molar-refractivity contribution in [2.75, 3.05) is 6.54 Å². The fourth-order valence-electron chi connectivity index (χ4n) is 1.82. The van der Waals surface area contributed by atoms with Gasteiger partial charge in [0.2, 0.25) is 0 Å². The van der Waals surface area contributed by atoms with Gasteiger partial charge in [0, 0.05) is 18.5 Å². The second-order valence-electron chi connectivity index (χ2n) is 4.67. The van der Waals surface area contributed by atoms with E-state index in [-0.39, 0.29) is 0 Å². The zero-order valence-electron chi connectivity index (χ0n) is 11.9. The van der Waals surface area contributed by atoms with Crippen LogP contribution in [0.4, 0.5) is 0 Å². The summed E-state index contributed by atoms with van der Waals surface area (Å²) >= 11 is 7.75. The van der Waals surface area contributed by atoms with Gasteiger partial charge in [-0.2, -0.15) is 0 Å². The van der Waals surface area contributed by atoms with Gasteiger partial charge in [-0.15, -0.1) is 11.8 Å². The lowest BCUT2D eigenvalue weighted by Gasteiger charge is -2.06. The molecule has 0 radical (unpaired) electrons. The number of aromatic nitrogens is 2. The first-order valence-corrected chi connectivity index (χ1v) is 8.15. The topological polar surface area (TPSA) is 29.9 Å². The van der Waals surface area contributed by atoms with Crippen LogP contribution in [-0.2, 0) is 19.3 Å². The number of thioether (sulfide) groups is 1. The third-order valence-corrected chi connectivity index (χ3v) is 4.43. The molecule has 0 unspecified atom stereocenters. The molecule has 0 spiro atoms. The Morgan fingerprint density at radius 3 is 2.65 bits per heavy atom. The summed E-state index contributed by atoms with van der Waals surface area (Å²) in [4.78, 5) is 5.55. The van der Waals surface area contributed by atoms with Crippen LogP contribution in [0, 0.1) is 0 Å². The molecule has 0 fully saturated rings. The van der Waals surface area contributed by atoms with Crippen LogP contribution in [0.1, 0.15) is 24.7 Å². The van der Waals surface area contributed by atoms with Gasteiger partial charge < -0.3 is 9.88 Å². The predicted molar refractivity (Wildman–Crippen MR) is 86.2 cm³/mol. The predicted octanol–water partition coefficient (Wildman–Crippen LogP) is 3.87. The van der Waals surface area contributed by atoms with Gasteiger partial charge in [-0.1, -0.05) is 30.7 Å². The highest BCUT2D eigenvalue weighted by molar-refractivity contribution is 7.98. The Labute approximate surface area is 129 Å². The largest absolute Gasteiger partial charge is 0.322 e. The van der Waals surface area contributed by atoms with E-state index in [2.05, 4.69) is 41.5 Å². The second-order valence-corrected chi connectivity index (χ2v) is 6.10. The number of hydrogen-bond acceptors (Lipinski definition) is 3. The maximum absolute atomic E-state index is 5.98. The molecule has 2 rings (SSSR count). The summed E-state index contributed by atoms with van der Waals surface area (Å²) in [5, 5.41) is 4.08. The highest BCUT2D eigenvalue weighted by Gasteiger charge is 2.05. The van der Waals surface area contributed by atoms with Gasteiger partial charge >= 0.3 is 0 Å². The Morgan fingerprint density at radius 2 is 2.05 bits per heavy atom. The summed E-state index contributed by atoms with van der Waals surface area (Å²) in [6, 6.07) is 8.68. The molecule has 0 bridgehead atoms. The zero-order valence-corrected chi connectivity index (χ0v) is 13.5. The Balaban J connectivity index is 1.86. The summed E-state index contributed by atoms with van der Waals surface area (Å²) < 4.78 is 1.91. The van der Waals surface area contributed by atoms with E-state index in [1.807, 2.05) is 11.6 Å². The molecule has 108 valence electrons. The molecule has 20 heavy (non-hydrogen) atoms. The lowest BCUT2D eigenvalue weighted by Crippen LogP contribution is -2.13. The molecule has 0 amide bonds. The van der Waals surface area contributed by atoms with Gasteiger partial charge in [0.25, 0.3) is 0 Å². The lowest BCUT2D eigenvalue weighted by molar-refractivity contribution is 0.675. The third kappa shape index (κ3) is 4.27. The number of hydrogen-bond donors (Lipinski definition) is 1. The molecule has 0 atom stereocenters. The van der Waals surface area contributed by atoms with E-state index in [4.69, 9.17) is 11.6 Å². The summed E-state index contributed by atoms with van der Waals surface area (Å²) in [5.41, 5.74) is 1.32. The first-order chi connectivity index (χ1) is 9.70. The minimum Gasteiger partial charge on any atom is -0.322 e. The van der Waals surface area contributed by atoms with Crippen molar-refractivity contribution < 1.29 is 0 Å². The molecule has 0 aliphatic carbocycles. The molecule has 0 aliphatic heterocycles. The summed E-state index contributed by atoms with van der Waals surface area (Å²) in [6.45, 7) is 4.18. The molecule has 0 saturated heterocycles. The Morgan fingerprint density at radius 1 is 1.30 bits per heavy atom. The van der Waals surface area contributed by atoms with Crippen LogP contribution in [0.25, 0.3) is 0 Å². The molecule has 1 aromatic carbocycles. The Bertz CT molecular complexity index is 537. The van der Waals surface area contributed by atoms with Crippen molar-refractivity contribution in [2.45, 2.75) is 30.5 Å². The highest BCUT2D eigenvalue weighted by Crippen LogP contribution is 2.23. The van der Waals surface area contributed by atoms with Crippen LogP contribution >= 0.6 is 23.4 Å². The number of halogens is 1. The average molecular weight is 310 g/mol. The Kier molecular flexibility index (Phi) is 5.95. The van der Waals surface area contributed by atoms with Gasteiger partial charge in [-0.05, 0) is 30.7 Å². The number of nitrogens with one attached hydrogen (secondary N) is 1. The normalized spacial score (nSPS) is 10.9. The molecule has 0 saturated carbocycles. The molecular weight excluding hydrogens is 290 g/mol. The van der Waals surface area contributed by atoms with Crippen molar-refractivity contribution in [3.63, 3.8) is 0 Å². The number of rotatable bonds is 7. The zero-order chi connectivity index (χ0) is 14.4. The maximum Gasteiger partial charge on any atom is 0.128 e. The minimum atomic E-state index is 0.679. The van der Waals surface area contributed by atoms with E-state index in [1.54, 1.807) is 18.0 Å². The van der Waals surface area contributed by atoms with Crippen LogP contribution in [0.5, 0.6) is 0 Å². The van der Waals surface area contributed by atoms with Crippen molar-refractivity contribution >= 4 is 23.4 Å². The second kappa shape index (κ2) is 7.72. The average Bonchev–Trinajstić information content (AvgIpc) is 2.78. The third-order valence-electron chi connectivity index (χ3n) is 3.07. The summed E-state index contributed by atoms with van der Waals surface area (Å²) in [6.07, 6.45) is 2.86. The van der Waals surface area contributed by atoms with Crippen LogP contribution < -0.4 is 5.32 Å². The number of benzene rings is 1. The fraction of sp³-hybridized carbons (Fsp3) is 0.400. The SMILES string of the molecule is CCCNCc1ccc(SCc2ncc(Cl)n2C)cc1. The summed E-state index contributed by atoms with van der Waals surface area (Å²) in [5.74, 6) is 1.82. The van der Waals surface area contributed by atoms with Gasteiger partial charge in [0.05, 0.1) is 11.9 Å². The van der Waals surface area contributed by atoms with Crippen LogP contribution in [0.15, 0.2) is 35.4 Å². The van der Waals surface area contributed by atoms with Crippen LogP contribution in [0.3, 0.4) is 0 Å². The highest BCUT2D eigenvalue weighted by atomic mass is 35.5. The van der Waals surface area contributed by atoms with E-state index < -0.39 is 0 Å². The lowest BCUT2D eigenvalue weighted by atomic mass is 10.2. The maximum atomic E-state index is 5.98. The summed E-state index contributed by atoms with van der Waals surface area (Å²) in [7, 11) is 1.94. The standard InChI is InChI=1S/C15H20ClN3S/c1-3-8-17-9-12-4-6-13(7-5-12)20-11-15-18-10-14(16)19(15)2/h4-7,10,17H,3,8-9,11H2,1-2H3. The van der Waals surface area contributed by atoms with E-state index in [0.717, 1.165) is 24.7 Å². The van der Waals surface area contributed by atoms with Gasteiger partial charge in [0.1, 0.15) is 11.0 Å². The van der Waals surface area contributed by atoms with E-state index in [9.17, 15) is 0 Å². The number of imidazole rings is 1. The van der Waals surface area contributed by atoms with Crippen molar-refractivity contribution in [1.82, 2.24) is 14.9 Å². The van der Waals surface area contributed by atoms with E-state index in [1.165, 1.54) is 16.9 Å². The van der Waals surface area contributed by atoms with Gasteiger partial charge in [0.15, 0.2) is 0 Å². The van der Waals surface area contributed by atoms with Crippen molar-refractivity contribution in [3.8, 4) is 0 Å². The van der Waals surface area contributed by atoms with E-state index >= 15 is 0 Å². The van der Waals surface area contributed by atoms with Crippen LogP contribution in [-0.4, -0.2) is 16.1 Å². The van der Waals surface area contributed by atoms with E-state index in [0.29, 0.717) is 5.15 Å².